The van der Waals surface area contributed by atoms with E-state index in [0.717, 1.165) is 24.2 Å². The van der Waals surface area contributed by atoms with E-state index in [1.165, 1.54) is 11.8 Å². The Kier molecular flexibility index (Phi) is 6.45. The smallest absolute Gasteiger partial charge is 0.236 e. The van der Waals surface area contributed by atoms with Crippen molar-refractivity contribution < 1.29 is 9.53 Å². The van der Waals surface area contributed by atoms with Gasteiger partial charge in [0.15, 0.2) is 5.17 Å². The monoisotopic (exact) mass is 316 g/mol. The van der Waals surface area contributed by atoms with E-state index < -0.39 is 0 Å². The highest BCUT2D eigenvalue weighted by atomic mass is 32.2. The van der Waals surface area contributed by atoms with Gasteiger partial charge in [-0.1, -0.05) is 11.8 Å². The molecule has 0 saturated carbocycles. The lowest BCUT2D eigenvalue weighted by molar-refractivity contribution is -0.116. The topological polar surface area (TPSA) is 86.8 Å². The number of nitriles is 1. The highest BCUT2D eigenvalue weighted by Crippen LogP contribution is 2.12. The fraction of sp³-hybridized carbons (Fsp3) is 0.333. The molecule has 1 heterocycles. The Labute approximate surface area is 133 Å². The Hall–Kier alpha value is -2.33. The second-order valence-corrected chi connectivity index (χ2v) is 5.48. The van der Waals surface area contributed by atoms with Gasteiger partial charge in [-0.15, -0.1) is 5.10 Å². The normalized spacial score (nSPS) is 16.0. The number of nitrogens with zero attached hydrogens (tertiary/aromatic N) is 3. The van der Waals surface area contributed by atoms with Crippen LogP contribution in [0.3, 0.4) is 0 Å². The summed E-state index contributed by atoms with van der Waals surface area (Å²) in [4.78, 5) is 11.0. The second-order valence-electron chi connectivity index (χ2n) is 4.52. The minimum atomic E-state index is -0.0461. The third-order valence-electron chi connectivity index (χ3n) is 2.77. The predicted octanol–water partition coefficient (Wildman–Crippen LogP) is 2.31. The zero-order valence-corrected chi connectivity index (χ0v) is 12.8. The molecule has 114 valence electrons. The molecule has 0 aromatic heterocycles. The maximum absolute atomic E-state index is 11.0. The molecule has 0 atom stereocenters. The Balaban J connectivity index is 1.77. The molecule has 0 radical (unpaired) electrons. The van der Waals surface area contributed by atoms with E-state index in [4.69, 9.17) is 10.00 Å². The molecule has 1 aliphatic rings. The molecule has 22 heavy (non-hydrogen) atoms. The van der Waals surface area contributed by atoms with Gasteiger partial charge in [0.05, 0.1) is 24.6 Å². The summed E-state index contributed by atoms with van der Waals surface area (Å²) in [5.41, 5.74) is 0.899. The van der Waals surface area contributed by atoms with E-state index in [1.807, 2.05) is 24.3 Å². The number of carbonyl (C=O) groups is 1. The summed E-state index contributed by atoms with van der Waals surface area (Å²) in [6.07, 6.45) is 3.92. The quantitative estimate of drug-likeness (QED) is 0.475. The number of benzene rings is 1. The molecule has 1 aromatic carbocycles. The van der Waals surface area contributed by atoms with Gasteiger partial charge in [-0.25, -0.2) is 0 Å². The molecule has 0 aliphatic carbocycles. The molecule has 0 unspecified atom stereocenters. The Bertz CT molecular complexity index is 605. The first-order chi connectivity index (χ1) is 10.8. The molecule has 7 heteroatoms. The van der Waals surface area contributed by atoms with E-state index in [-0.39, 0.29) is 5.91 Å². The highest BCUT2D eigenvalue weighted by Gasteiger charge is 2.15. The number of carbonyl (C=O) groups excluding carboxylic acids is 1. The number of hydrogen-bond donors (Lipinski definition) is 1. The van der Waals surface area contributed by atoms with Crippen molar-refractivity contribution in [1.29, 1.82) is 5.26 Å². The van der Waals surface area contributed by atoms with Crippen molar-refractivity contribution in [1.82, 2.24) is 5.32 Å². The van der Waals surface area contributed by atoms with Crippen LogP contribution in [-0.4, -0.2) is 29.6 Å². The number of amidine groups is 1. The number of rotatable bonds is 7. The van der Waals surface area contributed by atoms with E-state index in [0.29, 0.717) is 23.9 Å². The number of thioether (sulfide) groups is 1. The van der Waals surface area contributed by atoms with Gasteiger partial charge in [0, 0.05) is 6.42 Å². The molecule has 1 aromatic rings. The van der Waals surface area contributed by atoms with Crippen LogP contribution in [0.2, 0.25) is 0 Å². The third-order valence-corrected chi connectivity index (χ3v) is 3.64. The van der Waals surface area contributed by atoms with Crippen molar-refractivity contribution in [3.05, 3.63) is 29.8 Å². The lowest BCUT2D eigenvalue weighted by Gasteiger charge is -2.05. The first-order valence-electron chi connectivity index (χ1n) is 6.91. The van der Waals surface area contributed by atoms with Crippen molar-refractivity contribution in [2.45, 2.75) is 19.3 Å². The Morgan fingerprint density at radius 3 is 2.86 bits per heavy atom. The molecule has 1 aliphatic heterocycles. The minimum Gasteiger partial charge on any atom is -0.494 e. The zero-order chi connectivity index (χ0) is 15.6. The highest BCUT2D eigenvalue weighted by molar-refractivity contribution is 8.15. The summed E-state index contributed by atoms with van der Waals surface area (Å²) in [5, 5.41) is 19.4. The summed E-state index contributed by atoms with van der Waals surface area (Å²) in [6.45, 7) is 0.611. The standard InChI is InChI=1S/C15H16N4O2S/c16-8-2-1-3-9-21-13-6-4-12(5-7-13)10-17-19-15-18-14(20)11-22-15/h4-7,10H,1-3,9,11H2,(H,18,19,20). The average molecular weight is 316 g/mol. The Morgan fingerprint density at radius 2 is 2.18 bits per heavy atom. The number of unbranched alkanes of at least 4 members (excludes halogenated alkanes) is 2. The maximum atomic E-state index is 11.0. The summed E-state index contributed by atoms with van der Waals surface area (Å²) in [6, 6.07) is 9.61. The number of ether oxygens (including phenoxy) is 1. The van der Waals surface area contributed by atoms with Crippen LogP contribution in [0, 0.1) is 11.3 Å². The maximum Gasteiger partial charge on any atom is 0.236 e. The first-order valence-corrected chi connectivity index (χ1v) is 7.90. The number of hydrogen-bond acceptors (Lipinski definition) is 6. The lowest BCUT2D eigenvalue weighted by Crippen LogP contribution is -2.19. The molecular formula is C15H16N4O2S. The number of nitrogens with one attached hydrogen (secondary N) is 1. The zero-order valence-electron chi connectivity index (χ0n) is 12.0. The molecule has 2 rings (SSSR count). The van der Waals surface area contributed by atoms with Crippen LogP contribution in [-0.2, 0) is 4.79 Å². The van der Waals surface area contributed by atoms with Crippen LogP contribution < -0.4 is 10.1 Å². The van der Waals surface area contributed by atoms with E-state index >= 15 is 0 Å². The number of amides is 1. The van der Waals surface area contributed by atoms with E-state index in [1.54, 1.807) is 6.21 Å². The molecule has 1 fully saturated rings. The van der Waals surface area contributed by atoms with Crippen LogP contribution in [0.15, 0.2) is 34.5 Å². The van der Waals surface area contributed by atoms with Gasteiger partial charge < -0.3 is 10.1 Å². The first kappa shape index (κ1) is 16.0. The van der Waals surface area contributed by atoms with Gasteiger partial charge in [-0.2, -0.15) is 10.4 Å². The van der Waals surface area contributed by atoms with Crippen LogP contribution in [0.25, 0.3) is 0 Å². The van der Waals surface area contributed by atoms with Crippen molar-refractivity contribution in [2.75, 3.05) is 12.4 Å². The molecule has 6 nitrogen and oxygen atoms in total. The fourth-order valence-electron chi connectivity index (χ4n) is 1.67. The van der Waals surface area contributed by atoms with E-state index in [2.05, 4.69) is 21.6 Å². The SMILES string of the molecule is N#CCCCCOc1ccc(C=NN=C2NC(=O)CS2)cc1. The summed E-state index contributed by atoms with van der Waals surface area (Å²) < 4.78 is 5.57. The largest absolute Gasteiger partial charge is 0.494 e. The molecule has 0 spiro atoms. The molecule has 1 N–H and O–H groups in total. The molecule has 1 amide bonds. The molecule has 0 bridgehead atoms. The Morgan fingerprint density at radius 1 is 1.36 bits per heavy atom. The van der Waals surface area contributed by atoms with Crippen molar-refractivity contribution in [2.24, 2.45) is 10.2 Å². The van der Waals surface area contributed by atoms with E-state index in [9.17, 15) is 4.79 Å². The molecular weight excluding hydrogens is 300 g/mol. The average Bonchev–Trinajstić information content (AvgIpc) is 2.94. The van der Waals surface area contributed by atoms with Crippen LogP contribution in [0.5, 0.6) is 5.75 Å². The summed E-state index contributed by atoms with van der Waals surface area (Å²) >= 11 is 1.34. The van der Waals surface area contributed by atoms with Gasteiger partial charge in [-0.05, 0) is 42.7 Å². The van der Waals surface area contributed by atoms with Gasteiger partial charge >= 0.3 is 0 Å². The van der Waals surface area contributed by atoms with Crippen LogP contribution in [0.1, 0.15) is 24.8 Å². The van der Waals surface area contributed by atoms with Gasteiger partial charge in [0.25, 0.3) is 0 Å². The van der Waals surface area contributed by atoms with Crippen molar-refractivity contribution in [3.8, 4) is 11.8 Å². The van der Waals surface area contributed by atoms with Crippen LogP contribution in [0.4, 0.5) is 0 Å². The predicted molar refractivity (Wildman–Crippen MR) is 87.0 cm³/mol. The summed E-state index contributed by atoms with van der Waals surface area (Å²) in [5.74, 6) is 1.14. The van der Waals surface area contributed by atoms with Gasteiger partial charge in [-0.3, -0.25) is 4.79 Å². The molecule has 1 saturated heterocycles. The van der Waals surface area contributed by atoms with Gasteiger partial charge in [0.2, 0.25) is 5.91 Å². The van der Waals surface area contributed by atoms with Crippen molar-refractivity contribution >= 4 is 29.1 Å². The van der Waals surface area contributed by atoms with Gasteiger partial charge in [0.1, 0.15) is 5.75 Å². The van der Waals surface area contributed by atoms with Crippen molar-refractivity contribution in [3.63, 3.8) is 0 Å². The second kappa shape index (κ2) is 8.85. The lowest BCUT2D eigenvalue weighted by atomic mass is 10.2. The fourth-order valence-corrected chi connectivity index (χ4v) is 2.30. The third kappa shape index (κ3) is 5.58. The minimum absolute atomic E-state index is 0.0461. The summed E-state index contributed by atoms with van der Waals surface area (Å²) in [7, 11) is 0. The van der Waals surface area contributed by atoms with Crippen LogP contribution >= 0.6 is 11.8 Å².